The van der Waals surface area contributed by atoms with E-state index in [4.69, 9.17) is 0 Å². The molecule has 1 aromatic carbocycles. The number of benzene rings is 1. The van der Waals surface area contributed by atoms with E-state index in [0.29, 0.717) is 0 Å². The van der Waals surface area contributed by atoms with Crippen LogP contribution in [0, 0.1) is 0 Å². The summed E-state index contributed by atoms with van der Waals surface area (Å²) in [5.74, 6) is -0.521. The number of methoxy groups -OCH3 is 1. The average Bonchev–Trinajstić information content (AvgIpc) is 2.38. The summed E-state index contributed by atoms with van der Waals surface area (Å²) in [4.78, 5) is 25.5. The second-order valence-corrected chi connectivity index (χ2v) is 4.84. The largest absolute Gasteiger partial charge is 0.468 e. The van der Waals surface area contributed by atoms with E-state index in [1.54, 1.807) is 23.7 Å². The molecule has 6 heteroatoms. The van der Waals surface area contributed by atoms with Crippen molar-refractivity contribution in [2.75, 3.05) is 38.8 Å². The Morgan fingerprint density at radius 1 is 1.32 bits per heavy atom. The number of carbonyl (C=O) groups excluding carboxylic acids is 2. The van der Waals surface area contributed by atoms with Gasteiger partial charge in [-0.1, -0.05) is 12.1 Å². The van der Waals surface area contributed by atoms with Gasteiger partial charge in [-0.3, -0.25) is 14.5 Å². The maximum absolute atomic E-state index is 11.8. The minimum Gasteiger partial charge on any atom is -0.468 e. The molecule has 1 N–H and O–H groups in total. The second-order valence-electron chi connectivity index (χ2n) is 4.00. The SMILES string of the molecule is COC(=O)CN(C)CC(=O)Nc1ccccc1SC. The molecule has 0 aliphatic carbocycles. The van der Waals surface area contributed by atoms with Gasteiger partial charge in [-0.2, -0.15) is 0 Å². The van der Waals surface area contributed by atoms with Crippen molar-refractivity contribution < 1.29 is 14.3 Å². The van der Waals surface area contributed by atoms with Crippen molar-refractivity contribution >= 4 is 29.3 Å². The highest BCUT2D eigenvalue weighted by atomic mass is 32.2. The first-order valence-electron chi connectivity index (χ1n) is 5.75. The molecule has 1 rings (SSSR count). The van der Waals surface area contributed by atoms with Gasteiger partial charge in [-0.05, 0) is 25.4 Å². The first-order valence-corrected chi connectivity index (χ1v) is 6.97. The number of nitrogens with one attached hydrogen (secondary N) is 1. The zero-order chi connectivity index (χ0) is 14.3. The number of esters is 1. The summed E-state index contributed by atoms with van der Waals surface area (Å²) in [6, 6.07) is 7.58. The van der Waals surface area contributed by atoms with Crippen LogP contribution in [0.2, 0.25) is 0 Å². The van der Waals surface area contributed by atoms with Crippen LogP contribution in [0.4, 0.5) is 5.69 Å². The van der Waals surface area contributed by atoms with Crippen LogP contribution >= 0.6 is 11.8 Å². The highest BCUT2D eigenvalue weighted by molar-refractivity contribution is 7.98. The molecule has 5 nitrogen and oxygen atoms in total. The Kier molecular flexibility index (Phi) is 6.38. The molecule has 0 aliphatic heterocycles. The maximum atomic E-state index is 11.8. The molecule has 0 saturated heterocycles. The lowest BCUT2D eigenvalue weighted by atomic mass is 10.3. The zero-order valence-electron chi connectivity index (χ0n) is 11.3. The Hall–Kier alpha value is -1.53. The van der Waals surface area contributed by atoms with Crippen molar-refractivity contribution in [3.05, 3.63) is 24.3 Å². The molecule has 1 aromatic rings. The molecule has 0 saturated carbocycles. The fourth-order valence-electron chi connectivity index (χ4n) is 1.52. The maximum Gasteiger partial charge on any atom is 0.319 e. The topological polar surface area (TPSA) is 58.6 Å². The van der Waals surface area contributed by atoms with Gasteiger partial charge >= 0.3 is 5.97 Å². The molecule has 0 radical (unpaired) electrons. The van der Waals surface area contributed by atoms with Crippen molar-refractivity contribution in [2.24, 2.45) is 0 Å². The minimum atomic E-state index is -0.361. The lowest BCUT2D eigenvalue weighted by molar-refractivity contribution is -0.141. The minimum absolute atomic E-state index is 0.0914. The van der Waals surface area contributed by atoms with Crippen LogP contribution in [0.5, 0.6) is 0 Å². The molecular weight excluding hydrogens is 264 g/mol. The van der Waals surface area contributed by atoms with E-state index in [2.05, 4.69) is 10.1 Å². The smallest absolute Gasteiger partial charge is 0.319 e. The zero-order valence-corrected chi connectivity index (χ0v) is 12.1. The Morgan fingerprint density at radius 3 is 2.63 bits per heavy atom. The third-order valence-electron chi connectivity index (χ3n) is 2.42. The summed E-state index contributed by atoms with van der Waals surface area (Å²) in [5, 5.41) is 2.83. The highest BCUT2D eigenvalue weighted by Crippen LogP contribution is 2.24. The van der Waals surface area contributed by atoms with Gasteiger partial charge in [-0.15, -0.1) is 11.8 Å². The predicted molar refractivity (Wildman–Crippen MR) is 76.4 cm³/mol. The van der Waals surface area contributed by atoms with Crippen LogP contribution in [0.15, 0.2) is 29.2 Å². The van der Waals surface area contributed by atoms with E-state index < -0.39 is 0 Å². The summed E-state index contributed by atoms with van der Waals surface area (Å²) in [6.07, 6.45) is 1.95. The molecular formula is C13H18N2O3S. The molecule has 104 valence electrons. The number of para-hydroxylation sites is 1. The van der Waals surface area contributed by atoms with Crippen LogP contribution in [0.1, 0.15) is 0 Å². The van der Waals surface area contributed by atoms with Crippen molar-refractivity contribution in [3.8, 4) is 0 Å². The standard InChI is InChI=1S/C13H18N2O3S/c1-15(9-13(17)18-2)8-12(16)14-10-6-4-5-7-11(10)19-3/h4-7H,8-9H2,1-3H3,(H,14,16). The monoisotopic (exact) mass is 282 g/mol. The Labute approximate surface area is 117 Å². The van der Waals surface area contributed by atoms with Crippen molar-refractivity contribution in [1.82, 2.24) is 4.90 Å². The van der Waals surface area contributed by atoms with Crippen molar-refractivity contribution in [3.63, 3.8) is 0 Å². The molecule has 0 atom stereocenters. The van der Waals surface area contributed by atoms with Crippen LogP contribution in [0.25, 0.3) is 0 Å². The third kappa shape index (κ3) is 5.32. The molecule has 1 amide bonds. The summed E-state index contributed by atoms with van der Waals surface area (Å²) in [5.41, 5.74) is 0.784. The fraction of sp³-hybridized carbons (Fsp3) is 0.385. The van der Waals surface area contributed by atoms with Crippen LogP contribution in [-0.2, 0) is 14.3 Å². The molecule has 0 spiro atoms. The van der Waals surface area contributed by atoms with E-state index >= 15 is 0 Å². The Morgan fingerprint density at radius 2 is 2.00 bits per heavy atom. The van der Waals surface area contributed by atoms with Gasteiger partial charge in [0.25, 0.3) is 0 Å². The summed E-state index contributed by atoms with van der Waals surface area (Å²) >= 11 is 1.57. The van der Waals surface area contributed by atoms with Crippen molar-refractivity contribution in [1.29, 1.82) is 0 Å². The molecule has 0 bridgehead atoms. The van der Waals surface area contributed by atoms with Gasteiger partial charge in [0.15, 0.2) is 0 Å². The third-order valence-corrected chi connectivity index (χ3v) is 3.22. The number of rotatable bonds is 6. The molecule has 0 unspecified atom stereocenters. The normalized spacial score (nSPS) is 10.3. The number of amides is 1. The molecule has 0 aromatic heterocycles. The van der Waals surface area contributed by atoms with E-state index in [0.717, 1.165) is 10.6 Å². The number of hydrogen-bond donors (Lipinski definition) is 1. The molecule has 0 heterocycles. The number of anilines is 1. The van der Waals surface area contributed by atoms with E-state index in [1.807, 2.05) is 30.5 Å². The van der Waals surface area contributed by atoms with E-state index in [9.17, 15) is 9.59 Å². The van der Waals surface area contributed by atoms with Gasteiger partial charge in [-0.25, -0.2) is 0 Å². The predicted octanol–water partition coefficient (Wildman–Crippen LogP) is 1.45. The first kappa shape index (κ1) is 15.5. The Bertz CT molecular complexity index is 451. The first-order chi connectivity index (χ1) is 9.06. The number of thioether (sulfide) groups is 1. The van der Waals surface area contributed by atoms with Gasteiger partial charge in [0, 0.05) is 4.90 Å². The van der Waals surface area contributed by atoms with Gasteiger partial charge in [0.05, 0.1) is 25.9 Å². The van der Waals surface area contributed by atoms with E-state index in [-0.39, 0.29) is 25.0 Å². The quantitative estimate of drug-likeness (QED) is 0.632. The summed E-state index contributed by atoms with van der Waals surface area (Å²) in [6.45, 7) is 0.228. The van der Waals surface area contributed by atoms with Gasteiger partial charge in [0.1, 0.15) is 0 Å². The number of likely N-dealkylation sites (N-methyl/N-ethyl adjacent to an activating group) is 1. The summed E-state index contributed by atoms with van der Waals surface area (Å²) < 4.78 is 4.54. The average molecular weight is 282 g/mol. The summed E-state index contributed by atoms with van der Waals surface area (Å²) in [7, 11) is 3.02. The number of ether oxygens (including phenoxy) is 1. The van der Waals surface area contributed by atoms with Crippen LogP contribution in [-0.4, -0.2) is 50.3 Å². The fourth-order valence-corrected chi connectivity index (χ4v) is 2.08. The van der Waals surface area contributed by atoms with Crippen LogP contribution in [0.3, 0.4) is 0 Å². The highest BCUT2D eigenvalue weighted by Gasteiger charge is 2.11. The molecule has 0 aliphatic rings. The second kappa shape index (κ2) is 7.81. The Balaban J connectivity index is 2.53. The lowest BCUT2D eigenvalue weighted by Gasteiger charge is -2.15. The molecule has 0 fully saturated rings. The lowest BCUT2D eigenvalue weighted by Crippen LogP contribution is -2.34. The number of nitrogens with zero attached hydrogens (tertiary/aromatic N) is 1. The van der Waals surface area contributed by atoms with Gasteiger partial charge < -0.3 is 10.1 Å². The number of carbonyl (C=O) groups is 2. The number of hydrogen-bond acceptors (Lipinski definition) is 5. The molecule has 19 heavy (non-hydrogen) atoms. The van der Waals surface area contributed by atoms with Crippen LogP contribution < -0.4 is 5.32 Å². The van der Waals surface area contributed by atoms with E-state index in [1.165, 1.54) is 7.11 Å². The van der Waals surface area contributed by atoms with Gasteiger partial charge in [0.2, 0.25) is 5.91 Å². The van der Waals surface area contributed by atoms with Crippen molar-refractivity contribution in [2.45, 2.75) is 4.90 Å².